The van der Waals surface area contributed by atoms with Gasteiger partial charge in [0.1, 0.15) is 0 Å². The molecule has 0 aliphatic rings. The maximum Gasteiger partial charge on any atom is 0.341 e. The molecule has 0 radical (unpaired) electrons. The van der Waals surface area contributed by atoms with Crippen LogP contribution in [0.3, 0.4) is 0 Å². The maximum absolute atomic E-state index is 10.4. The van der Waals surface area contributed by atoms with E-state index in [-0.39, 0.29) is 0 Å². The summed E-state index contributed by atoms with van der Waals surface area (Å²) >= 11 is 17.7. The highest BCUT2D eigenvalue weighted by Gasteiger charge is 2.23. The van der Waals surface area contributed by atoms with Crippen molar-refractivity contribution >= 4 is 45.2 Å². The van der Waals surface area contributed by atoms with E-state index in [9.17, 15) is 4.79 Å². The molecule has 0 saturated heterocycles. The lowest BCUT2D eigenvalue weighted by Gasteiger charge is -2.07. The standard InChI is InChI=1S/C24H47Cl3O2Si/c25-30(26,27)23-21-19-17-15-13-11-9-7-5-3-1-2-4-6-8-10-12-14-16-18-20-22-24(28)29/h1-23H2,(H,28,29). The number of rotatable bonds is 24. The lowest BCUT2D eigenvalue weighted by Crippen LogP contribution is -2.07. The molecule has 0 unspecified atom stereocenters. The Morgan fingerprint density at radius 3 is 0.933 bits per heavy atom. The van der Waals surface area contributed by atoms with Gasteiger partial charge in [0, 0.05) is 6.42 Å². The second kappa shape index (κ2) is 22.7. The molecule has 0 amide bonds. The first kappa shape index (κ1) is 30.6. The van der Waals surface area contributed by atoms with E-state index in [0.29, 0.717) is 6.42 Å². The molecule has 0 rings (SSSR count). The van der Waals surface area contributed by atoms with Gasteiger partial charge in [0.15, 0.2) is 0 Å². The molecule has 0 heterocycles. The van der Waals surface area contributed by atoms with E-state index in [0.717, 1.165) is 25.3 Å². The van der Waals surface area contributed by atoms with Crippen molar-refractivity contribution in [3.05, 3.63) is 0 Å². The Labute approximate surface area is 201 Å². The van der Waals surface area contributed by atoms with Gasteiger partial charge < -0.3 is 5.11 Å². The highest BCUT2D eigenvalue weighted by atomic mass is 35.8. The van der Waals surface area contributed by atoms with Crippen LogP contribution in [0, 0.1) is 0 Å². The van der Waals surface area contributed by atoms with Gasteiger partial charge in [-0.2, -0.15) is 0 Å². The summed E-state index contributed by atoms with van der Waals surface area (Å²) in [5.74, 6) is -0.659. The lowest BCUT2D eigenvalue weighted by atomic mass is 10.0. The zero-order chi connectivity index (χ0) is 22.3. The molecule has 0 aromatic heterocycles. The van der Waals surface area contributed by atoms with Crippen molar-refractivity contribution in [2.45, 2.75) is 147 Å². The number of carboxylic acids is 1. The first-order valence-electron chi connectivity index (χ1n) is 12.7. The minimum absolute atomic E-state index is 0.336. The van der Waals surface area contributed by atoms with Crippen LogP contribution in [0.2, 0.25) is 6.04 Å². The summed E-state index contributed by atoms with van der Waals surface area (Å²) in [6.45, 7) is 0. The van der Waals surface area contributed by atoms with Gasteiger partial charge in [0.2, 0.25) is 0 Å². The predicted octanol–water partition coefficient (Wildman–Crippen LogP) is 10.3. The third kappa shape index (κ3) is 28.6. The van der Waals surface area contributed by atoms with Gasteiger partial charge in [-0.15, -0.1) is 33.2 Å². The van der Waals surface area contributed by atoms with Gasteiger partial charge in [-0.1, -0.05) is 128 Å². The Hall–Kier alpha value is 0.557. The molecule has 0 spiro atoms. The highest BCUT2D eigenvalue weighted by Crippen LogP contribution is 2.27. The summed E-state index contributed by atoms with van der Waals surface area (Å²) in [5, 5.41) is 8.59. The van der Waals surface area contributed by atoms with Crippen LogP contribution in [0.5, 0.6) is 0 Å². The second-order valence-corrected chi connectivity index (χ2v) is 18.2. The van der Waals surface area contributed by atoms with E-state index in [4.69, 9.17) is 38.3 Å². The molecule has 1 N–H and O–H groups in total. The Bertz CT molecular complexity index is 376. The normalized spacial score (nSPS) is 11.8. The van der Waals surface area contributed by atoms with Gasteiger partial charge in [-0.3, -0.25) is 4.79 Å². The number of unbranched alkanes of at least 4 members (excludes halogenated alkanes) is 20. The Morgan fingerprint density at radius 1 is 0.467 bits per heavy atom. The van der Waals surface area contributed by atoms with Gasteiger partial charge in [-0.05, 0) is 12.5 Å². The van der Waals surface area contributed by atoms with E-state index < -0.39 is 12.0 Å². The number of aliphatic carboxylic acids is 1. The highest BCUT2D eigenvalue weighted by molar-refractivity contribution is 7.64. The van der Waals surface area contributed by atoms with Crippen LogP contribution >= 0.6 is 33.2 Å². The van der Waals surface area contributed by atoms with Crippen molar-refractivity contribution < 1.29 is 9.90 Å². The average molecular weight is 502 g/mol. The molecule has 0 aromatic carbocycles. The van der Waals surface area contributed by atoms with Gasteiger partial charge in [0.05, 0.1) is 0 Å². The summed E-state index contributed by atoms with van der Waals surface area (Å²) in [4.78, 5) is 10.4. The number of hydrogen-bond acceptors (Lipinski definition) is 1. The molecule has 0 aliphatic heterocycles. The number of carbonyl (C=O) groups is 1. The van der Waals surface area contributed by atoms with Crippen LogP contribution in [-0.2, 0) is 4.79 Å². The molecule has 0 atom stereocenters. The molecule has 2 nitrogen and oxygen atoms in total. The summed E-state index contributed by atoms with van der Waals surface area (Å²) in [7, 11) is 0. The van der Waals surface area contributed by atoms with E-state index in [1.54, 1.807) is 0 Å². The maximum atomic E-state index is 10.4. The zero-order valence-corrected chi connectivity index (χ0v) is 22.5. The monoisotopic (exact) mass is 500 g/mol. The van der Waals surface area contributed by atoms with E-state index in [2.05, 4.69) is 0 Å². The SMILES string of the molecule is O=C(O)CCCCCCCCCCCCCCCCCCCCCCC[Si](Cl)(Cl)Cl. The number of hydrogen-bond donors (Lipinski definition) is 1. The van der Waals surface area contributed by atoms with Crippen LogP contribution in [0.25, 0.3) is 0 Å². The van der Waals surface area contributed by atoms with Crippen molar-refractivity contribution in [1.29, 1.82) is 0 Å². The molecule has 30 heavy (non-hydrogen) atoms. The average Bonchev–Trinajstić information content (AvgIpc) is 2.67. The quantitative estimate of drug-likeness (QED) is 0.0810. The predicted molar refractivity (Wildman–Crippen MR) is 137 cm³/mol. The second-order valence-electron chi connectivity index (χ2n) is 8.93. The van der Waals surface area contributed by atoms with E-state index >= 15 is 0 Å². The molecule has 0 bridgehead atoms. The minimum atomic E-state index is -2.37. The molecule has 0 aliphatic carbocycles. The Morgan fingerprint density at radius 2 is 0.700 bits per heavy atom. The molecular formula is C24H47Cl3O2Si. The fraction of sp³-hybridized carbons (Fsp3) is 0.958. The molecule has 0 saturated carbocycles. The molecule has 0 aromatic rings. The van der Waals surface area contributed by atoms with Crippen molar-refractivity contribution in [2.75, 3.05) is 0 Å². The fourth-order valence-electron chi connectivity index (χ4n) is 3.96. The molecule has 0 fully saturated rings. The summed E-state index contributed by atoms with van der Waals surface area (Å²) in [6, 6.07) is -1.56. The van der Waals surface area contributed by atoms with Gasteiger partial charge in [-0.25, -0.2) is 0 Å². The van der Waals surface area contributed by atoms with Gasteiger partial charge >= 0.3 is 12.0 Å². The third-order valence-corrected chi connectivity index (χ3v) is 8.47. The molecule has 6 heteroatoms. The van der Waals surface area contributed by atoms with Crippen LogP contribution < -0.4 is 0 Å². The first-order chi connectivity index (χ1) is 14.4. The van der Waals surface area contributed by atoms with E-state index in [1.165, 1.54) is 116 Å². The van der Waals surface area contributed by atoms with Crippen LogP contribution in [0.4, 0.5) is 0 Å². The summed E-state index contributed by atoms with van der Waals surface area (Å²) in [5.41, 5.74) is 0. The fourth-order valence-corrected chi connectivity index (χ4v) is 5.81. The van der Waals surface area contributed by atoms with Crippen LogP contribution in [0.1, 0.15) is 141 Å². The van der Waals surface area contributed by atoms with Gasteiger partial charge in [0.25, 0.3) is 0 Å². The largest absolute Gasteiger partial charge is 0.481 e. The van der Waals surface area contributed by atoms with Crippen molar-refractivity contribution in [2.24, 2.45) is 0 Å². The summed E-state index contributed by atoms with van der Waals surface area (Å²) < 4.78 is 0. The van der Waals surface area contributed by atoms with Crippen molar-refractivity contribution in [1.82, 2.24) is 0 Å². The topological polar surface area (TPSA) is 37.3 Å². The summed E-state index contributed by atoms with van der Waals surface area (Å²) in [6.07, 6.45) is 27.7. The third-order valence-electron chi connectivity index (χ3n) is 5.85. The lowest BCUT2D eigenvalue weighted by molar-refractivity contribution is -0.137. The Kier molecular flexibility index (Phi) is 23.2. The van der Waals surface area contributed by atoms with Crippen molar-refractivity contribution in [3.63, 3.8) is 0 Å². The molecular weight excluding hydrogens is 455 g/mol. The first-order valence-corrected chi connectivity index (χ1v) is 17.9. The Balaban J connectivity index is 3.04. The number of halogens is 3. The van der Waals surface area contributed by atoms with Crippen molar-refractivity contribution in [3.8, 4) is 0 Å². The zero-order valence-electron chi connectivity index (χ0n) is 19.3. The van der Waals surface area contributed by atoms with E-state index in [1.807, 2.05) is 0 Å². The molecule has 180 valence electrons. The minimum Gasteiger partial charge on any atom is -0.481 e. The van der Waals surface area contributed by atoms with Crippen LogP contribution in [0.15, 0.2) is 0 Å². The smallest absolute Gasteiger partial charge is 0.341 e. The number of carboxylic acid groups (broad SMARTS) is 1. The van der Waals surface area contributed by atoms with Crippen LogP contribution in [-0.4, -0.2) is 17.1 Å².